The molecule has 2 aromatic heterocycles. The van der Waals surface area contributed by atoms with E-state index in [9.17, 15) is 0 Å². The van der Waals surface area contributed by atoms with Gasteiger partial charge in [0.15, 0.2) is 0 Å². The van der Waals surface area contributed by atoms with Crippen molar-refractivity contribution in [1.29, 1.82) is 0 Å². The highest BCUT2D eigenvalue weighted by molar-refractivity contribution is 9.10. The van der Waals surface area contributed by atoms with E-state index in [2.05, 4.69) is 36.3 Å². The maximum absolute atomic E-state index is 6.12. The molecule has 0 aliphatic carbocycles. The Morgan fingerprint density at radius 2 is 2.15 bits per heavy atom. The summed E-state index contributed by atoms with van der Waals surface area (Å²) in [5, 5.41) is 7.94. The summed E-state index contributed by atoms with van der Waals surface area (Å²) in [6.07, 6.45) is 1.46. The van der Waals surface area contributed by atoms with Gasteiger partial charge < -0.3 is 5.32 Å². The third kappa shape index (κ3) is 2.36. The topological polar surface area (TPSA) is 55.1 Å². The average Bonchev–Trinajstić information content (AvgIpc) is 2.89. The molecule has 0 saturated heterocycles. The Morgan fingerprint density at radius 1 is 1.35 bits per heavy atom. The molecule has 7 heteroatoms. The maximum Gasteiger partial charge on any atom is 0.255 e. The van der Waals surface area contributed by atoms with Crippen LogP contribution in [0.25, 0.3) is 5.78 Å². The summed E-state index contributed by atoms with van der Waals surface area (Å²) in [4.78, 5) is 8.23. The van der Waals surface area contributed by atoms with Crippen LogP contribution in [0.5, 0.6) is 0 Å². The molecule has 0 aliphatic rings. The third-order valence-corrected chi connectivity index (χ3v) is 4.15. The van der Waals surface area contributed by atoms with Crippen LogP contribution in [-0.2, 0) is 6.54 Å². The second kappa shape index (κ2) is 5.38. The van der Waals surface area contributed by atoms with Crippen molar-refractivity contribution < 1.29 is 0 Å². The van der Waals surface area contributed by atoms with Gasteiger partial charge in [0, 0.05) is 16.6 Å². The molecule has 3 aromatic rings. The lowest BCUT2D eigenvalue weighted by molar-refractivity contribution is 0.913. The molecular formula is C13H11BrClN5. The quantitative estimate of drug-likeness (QED) is 0.733. The van der Waals surface area contributed by atoms with E-state index in [1.54, 1.807) is 4.52 Å². The monoisotopic (exact) mass is 351 g/mol. The first-order valence-corrected chi connectivity index (χ1v) is 7.17. The van der Waals surface area contributed by atoms with Crippen LogP contribution in [0.4, 0.5) is 5.82 Å². The molecule has 0 fully saturated rings. The van der Waals surface area contributed by atoms with Crippen LogP contribution in [0.2, 0.25) is 5.15 Å². The van der Waals surface area contributed by atoms with Crippen LogP contribution in [0.15, 0.2) is 35.1 Å². The van der Waals surface area contributed by atoms with Gasteiger partial charge in [0.05, 0.1) is 0 Å². The number of hydrogen-bond donors (Lipinski definition) is 1. The molecule has 0 unspecified atom stereocenters. The first-order chi connectivity index (χ1) is 9.66. The number of benzene rings is 1. The molecular weight excluding hydrogens is 342 g/mol. The van der Waals surface area contributed by atoms with Crippen molar-refractivity contribution in [2.24, 2.45) is 0 Å². The van der Waals surface area contributed by atoms with Crippen LogP contribution in [0.1, 0.15) is 11.1 Å². The molecule has 0 aliphatic heterocycles. The lowest BCUT2D eigenvalue weighted by Gasteiger charge is -2.12. The molecule has 0 saturated carbocycles. The van der Waals surface area contributed by atoms with Crippen molar-refractivity contribution in [3.05, 3.63) is 51.3 Å². The number of fused-ring (bicyclic) bond motifs is 1. The Morgan fingerprint density at radius 3 is 2.95 bits per heavy atom. The molecule has 20 heavy (non-hydrogen) atoms. The van der Waals surface area contributed by atoms with Gasteiger partial charge in [-0.15, -0.1) is 0 Å². The summed E-state index contributed by atoms with van der Waals surface area (Å²) in [6.45, 7) is 2.55. The molecule has 0 spiro atoms. The van der Waals surface area contributed by atoms with Crippen molar-refractivity contribution in [3.63, 3.8) is 0 Å². The smallest absolute Gasteiger partial charge is 0.255 e. The summed E-state index contributed by atoms with van der Waals surface area (Å²) in [5.74, 6) is 1.28. The second-order valence-electron chi connectivity index (χ2n) is 4.29. The van der Waals surface area contributed by atoms with E-state index >= 15 is 0 Å². The molecule has 1 N–H and O–H groups in total. The van der Waals surface area contributed by atoms with Gasteiger partial charge >= 0.3 is 0 Å². The molecule has 3 rings (SSSR count). The average molecular weight is 353 g/mol. The van der Waals surface area contributed by atoms with E-state index < -0.39 is 0 Å². The standard InChI is InChI=1S/C13H11BrClN5/c1-8-11(15)19-13-17-7-18-20(13)12(8)16-6-9-4-2-3-5-10(9)14/h2-5,7,16H,6H2,1H3. The zero-order valence-corrected chi connectivity index (χ0v) is 13.0. The number of aromatic nitrogens is 4. The van der Waals surface area contributed by atoms with Gasteiger partial charge in [-0.3, -0.25) is 0 Å². The normalized spacial score (nSPS) is 10.9. The zero-order chi connectivity index (χ0) is 14.1. The Balaban J connectivity index is 1.97. The van der Waals surface area contributed by atoms with E-state index in [1.165, 1.54) is 6.33 Å². The first kappa shape index (κ1) is 13.3. The number of nitrogens with one attached hydrogen (secondary N) is 1. The van der Waals surface area contributed by atoms with Gasteiger partial charge in [-0.1, -0.05) is 45.7 Å². The molecule has 0 radical (unpaired) electrons. The second-order valence-corrected chi connectivity index (χ2v) is 5.51. The minimum Gasteiger partial charge on any atom is -0.365 e. The predicted molar refractivity (Wildman–Crippen MR) is 82.0 cm³/mol. The van der Waals surface area contributed by atoms with Crippen LogP contribution in [0.3, 0.4) is 0 Å². The van der Waals surface area contributed by atoms with Gasteiger partial charge in [-0.05, 0) is 18.6 Å². The van der Waals surface area contributed by atoms with Crippen LogP contribution in [0, 0.1) is 6.92 Å². The van der Waals surface area contributed by atoms with Crippen molar-refractivity contribution in [1.82, 2.24) is 19.6 Å². The first-order valence-electron chi connectivity index (χ1n) is 6.00. The SMILES string of the molecule is Cc1c(Cl)nc2ncnn2c1NCc1ccccc1Br. The Bertz CT molecular complexity index is 771. The fourth-order valence-electron chi connectivity index (χ4n) is 1.93. The third-order valence-electron chi connectivity index (χ3n) is 3.01. The van der Waals surface area contributed by atoms with Crippen molar-refractivity contribution >= 4 is 39.1 Å². The maximum atomic E-state index is 6.12. The van der Waals surface area contributed by atoms with Crippen molar-refractivity contribution in [2.75, 3.05) is 5.32 Å². The summed E-state index contributed by atoms with van der Waals surface area (Å²) < 4.78 is 2.71. The number of hydrogen-bond acceptors (Lipinski definition) is 4. The fourth-order valence-corrected chi connectivity index (χ4v) is 2.52. The number of halogens is 2. The molecule has 0 amide bonds. The van der Waals surface area contributed by atoms with E-state index in [4.69, 9.17) is 11.6 Å². The van der Waals surface area contributed by atoms with Gasteiger partial charge in [0.2, 0.25) is 0 Å². The number of rotatable bonds is 3. The molecule has 0 atom stereocenters. The lowest BCUT2D eigenvalue weighted by atomic mass is 10.2. The fraction of sp³-hybridized carbons (Fsp3) is 0.154. The Kier molecular flexibility index (Phi) is 3.58. The molecule has 5 nitrogen and oxygen atoms in total. The number of nitrogens with zero attached hydrogens (tertiary/aromatic N) is 4. The summed E-state index contributed by atoms with van der Waals surface area (Å²) >= 11 is 9.65. The van der Waals surface area contributed by atoms with Crippen LogP contribution >= 0.6 is 27.5 Å². The van der Waals surface area contributed by atoms with Crippen molar-refractivity contribution in [2.45, 2.75) is 13.5 Å². The summed E-state index contributed by atoms with van der Waals surface area (Å²) in [5.41, 5.74) is 1.99. The van der Waals surface area contributed by atoms with E-state index in [-0.39, 0.29) is 0 Å². The largest absolute Gasteiger partial charge is 0.365 e. The van der Waals surface area contributed by atoms with E-state index in [0.717, 1.165) is 21.4 Å². The van der Waals surface area contributed by atoms with Gasteiger partial charge in [-0.2, -0.15) is 19.6 Å². The molecule has 0 bridgehead atoms. The Hall–Kier alpha value is -1.66. The highest BCUT2D eigenvalue weighted by atomic mass is 79.9. The minimum atomic E-state index is 0.431. The summed E-state index contributed by atoms with van der Waals surface area (Å²) in [6, 6.07) is 8.04. The molecule has 2 heterocycles. The van der Waals surface area contributed by atoms with E-state index in [1.807, 2.05) is 31.2 Å². The van der Waals surface area contributed by atoms with Crippen LogP contribution in [-0.4, -0.2) is 19.6 Å². The lowest BCUT2D eigenvalue weighted by Crippen LogP contribution is -2.09. The van der Waals surface area contributed by atoms with Crippen molar-refractivity contribution in [3.8, 4) is 0 Å². The zero-order valence-electron chi connectivity index (χ0n) is 10.6. The minimum absolute atomic E-state index is 0.431. The highest BCUT2D eigenvalue weighted by Gasteiger charge is 2.12. The molecule has 102 valence electrons. The van der Waals surface area contributed by atoms with Crippen LogP contribution < -0.4 is 5.32 Å². The Labute approximate surface area is 129 Å². The molecule has 1 aromatic carbocycles. The highest BCUT2D eigenvalue weighted by Crippen LogP contribution is 2.23. The van der Waals surface area contributed by atoms with E-state index in [0.29, 0.717) is 17.5 Å². The predicted octanol–water partition coefficient (Wildman–Crippen LogP) is 3.46. The van der Waals surface area contributed by atoms with Gasteiger partial charge in [0.1, 0.15) is 17.3 Å². The van der Waals surface area contributed by atoms with Gasteiger partial charge in [-0.25, -0.2) is 0 Å². The van der Waals surface area contributed by atoms with Gasteiger partial charge in [0.25, 0.3) is 5.78 Å². The number of anilines is 1. The summed E-state index contributed by atoms with van der Waals surface area (Å²) in [7, 11) is 0.